The molecule has 3 aromatic rings. The van der Waals surface area contributed by atoms with Gasteiger partial charge in [-0.1, -0.05) is 30.3 Å². The first-order chi connectivity index (χ1) is 11.0. The first kappa shape index (κ1) is 15.3. The maximum Gasteiger partial charge on any atom is 0.262 e. The van der Waals surface area contributed by atoms with Gasteiger partial charge >= 0.3 is 0 Å². The molecule has 0 saturated heterocycles. The van der Waals surface area contributed by atoms with Crippen molar-refractivity contribution in [2.24, 2.45) is 0 Å². The van der Waals surface area contributed by atoms with Crippen LogP contribution in [0.4, 0.5) is 5.69 Å². The number of aryl methyl sites for hydroxylation is 2. The highest BCUT2D eigenvalue weighted by molar-refractivity contribution is 7.92. The predicted octanol–water partition coefficient (Wildman–Crippen LogP) is 3.49. The van der Waals surface area contributed by atoms with Crippen molar-refractivity contribution in [3.63, 3.8) is 0 Å². The standard InChI is InChI=1S/C17H17N3O2S/c1-12-5-3-4-6-17(12)23(21,22)20-15-9-7-14(8-10-15)16-11-13(2)18-19-16/h3-11,20H,1-2H3,(H,18,19). The summed E-state index contributed by atoms with van der Waals surface area (Å²) in [6, 6.07) is 16.0. The summed E-state index contributed by atoms with van der Waals surface area (Å²) < 4.78 is 27.5. The van der Waals surface area contributed by atoms with Crippen molar-refractivity contribution in [3.05, 3.63) is 65.9 Å². The van der Waals surface area contributed by atoms with Gasteiger partial charge in [0.2, 0.25) is 0 Å². The zero-order valence-electron chi connectivity index (χ0n) is 12.9. The summed E-state index contributed by atoms with van der Waals surface area (Å²) in [4.78, 5) is 0.284. The Kier molecular flexibility index (Phi) is 3.92. The monoisotopic (exact) mass is 327 g/mol. The largest absolute Gasteiger partial charge is 0.282 e. The van der Waals surface area contributed by atoms with Crippen LogP contribution < -0.4 is 4.72 Å². The smallest absolute Gasteiger partial charge is 0.262 e. The van der Waals surface area contributed by atoms with Gasteiger partial charge in [0.05, 0.1) is 10.6 Å². The van der Waals surface area contributed by atoms with E-state index in [0.29, 0.717) is 11.3 Å². The molecule has 2 N–H and O–H groups in total. The van der Waals surface area contributed by atoms with E-state index in [-0.39, 0.29) is 4.90 Å². The van der Waals surface area contributed by atoms with E-state index in [1.54, 1.807) is 37.3 Å². The van der Waals surface area contributed by atoms with Crippen LogP contribution in [0.3, 0.4) is 0 Å². The summed E-state index contributed by atoms with van der Waals surface area (Å²) in [6.07, 6.45) is 0. The van der Waals surface area contributed by atoms with Crippen molar-refractivity contribution in [1.82, 2.24) is 10.2 Å². The third kappa shape index (κ3) is 3.27. The van der Waals surface area contributed by atoms with Crippen molar-refractivity contribution < 1.29 is 8.42 Å². The lowest BCUT2D eigenvalue weighted by atomic mass is 10.1. The zero-order chi connectivity index (χ0) is 16.4. The second-order valence-electron chi connectivity index (χ2n) is 5.38. The Morgan fingerprint density at radius 3 is 2.30 bits per heavy atom. The second-order valence-corrected chi connectivity index (χ2v) is 7.04. The molecule has 1 aromatic heterocycles. The molecule has 118 valence electrons. The average molecular weight is 327 g/mol. The summed E-state index contributed by atoms with van der Waals surface area (Å²) in [7, 11) is -3.59. The number of hydrogen-bond acceptors (Lipinski definition) is 3. The van der Waals surface area contributed by atoms with E-state index >= 15 is 0 Å². The molecule has 0 saturated carbocycles. The van der Waals surface area contributed by atoms with Gasteiger partial charge in [-0.25, -0.2) is 8.42 Å². The fourth-order valence-corrected chi connectivity index (χ4v) is 3.65. The van der Waals surface area contributed by atoms with Crippen molar-refractivity contribution in [1.29, 1.82) is 0 Å². The molecular formula is C17H17N3O2S. The molecule has 0 radical (unpaired) electrons. The lowest BCUT2D eigenvalue weighted by Gasteiger charge is -2.10. The zero-order valence-corrected chi connectivity index (χ0v) is 13.7. The minimum atomic E-state index is -3.59. The molecule has 3 rings (SSSR count). The fourth-order valence-electron chi connectivity index (χ4n) is 2.34. The number of rotatable bonds is 4. The van der Waals surface area contributed by atoms with Crippen molar-refractivity contribution >= 4 is 15.7 Å². The SMILES string of the molecule is Cc1cc(-c2ccc(NS(=O)(=O)c3ccccc3C)cc2)n[nH]1. The van der Waals surface area contributed by atoms with E-state index in [4.69, 9.17) is 0 Å². The molecule has 0 aliphatic carbocycles. The highest BCUT2D eigenvalue weighted by Crippen LogP contribution is 2.23. The number of nitrogens with one attached hydrogen (secondary N) is 2. The van der Waals surface area contributed by atoms with Gasteiger partial charge in [-0.2, -0.15) is 5.10 Å². The molecule has 0 unspecified atom stereocenters. The summed E-state index contributed by atoms with van der Waals surface area (Å²) in [5, 5.41) is 7.07. The van der Waals surface area contributed by atoms with Crippen LogP contribution in [0.25, 0.3) is 11.3 Å². The van der Waals surface area contributed by atoms with Gasteiger partial charge in [0.25, 0.3) is 10.0 Å². The summed E-state index contributed by atoms with van der Waals surface area (Å²) in [5.41, 5.74) is 3.96. The Bertz CT molecular complexity index is 928. The Balaban J connectivity index is 1.85. The number of H-pyrrole nitrogens is 1. The van der Waals surface area contributed by atoms with Crippen molar-refractivity contribution in [2.75, 3.05) is 4.72 Å². The van der Waals surface area contributed by atoms with Crippen molar-refractivity contribution in [3.8, 4) is 11.3 Å². The third-order valence-electron chi connectivity index (χ3n) is 3.52. The molecule has 0 bridgehead atoms. The molecule has 6 heteroatoms. The molecule has 1 heterocycles. The molecule has 2 aromatic carbocycles. The molecule has 23 heavy (non-hydrogen) atoms. The molecule has 0 aliphatic heterocycles. The van der Waals surface area contributed by atoms with Gasteiger partial charge in [0.1, 0.15) is 0 Å². The van der Waals surface area contributed by atoms with Gasteiger partial charge < -0.3 is 0 Å². The number of nitrogens with zero attached hydrogens (tertiary/aromatic N) is 1. The number of aromatic amines is 1. The average Bonchev–Trinajstić information content (AvgIpc) is 2.94. The van der Waals surface area contributed by atoms with Crippen LogP contribution in [-0.2, 0) is 10.0 Å². The van der Waals surface area contributed by atoms with E-state index in [0.717, 1.165) is 17.0 Å². The first-order valence-corrected chi connectivity index (χ1v) is 8.65. The van der Waals surface area contributed by atoms with Crippen molar-refractivity contribution in [2.45, 2.75) is 18.7 Å². The first-order valence-electron chi connectivity index (χ1n) is 7.16. The normalized spacial score (nSPS) is 11.4. The molecule has 0 aliphatic rings. The van der Waals surface area contributed by atoms with Crippen LogP contribution in [0.2, 0.25) is 0 Å². The van der Waals surface area contributed by atoms with Crippen LogP contribution in [-0.4, -0.2) is 18.6 Å². The molecule has 0 atom stereocenters. The predicted molar refractivity (Wildman–Crippen MR) is 90.7 cm³/mol. The summed E-state index contributed by atoms with van der Waals surface area (Å²) >= 11 is 0. The number of sulfonamides is 1. The van der Waals surface area contributed by atoms with Crippen LogP contribution in [0.15, 0.2) is 59.5 Å². The Labute approximate surface area is 135 Å². The number of anilines is 1. The van der Waals surface area contributed by atoms with Gasteiger partial charge in [-0.3, -0.25) is 9.82 Å². The minimum Gasteiger partial charge on any atom is -0.282 e. The molecule has 0 amide bonds. The lowest BCUT2D eigenvalue weighted by Crippen LogP contribution is -2.14. The topological polar surface area (TPSA) is 74.8 Å². The van der Waals surface area contributed by atoms with Crippen LogP contribution >= 0.6 is 0 Å². The summed E-state index contributed by atoms with van der Waals surface area (Å²) in [6.45, 7) is 3.71. The maximum atomic E-state index is 12.5. The quantitative estimate of drug-likeness (QED) is 0.770. The maximum absolute atomic E-state index is 12.5. The highest BCUT2D eigenvalue weighted by Gasteiger charge is 2.16. The summed E-state index contributed by atoms with van der Waals surface area (Å²) in [5.74, 6) is 0. The Hall–Kier alpha value is -2.60. The van der Waals surface area contributed by atoms with Crippen LogP contribution in [0.1, 0.15) is 11.3 Å². The van der Waals surface area contributed by atoms with E-state index in [1.807, 2.05) is 31.2 Å². The van der Waals surface area contributed by atoms with Crippen LogP contribution in [0, 0.1) is 13.8 Å². The molecule has 0 fully saturated rings. The van der Waals surface area contributed by atoms with Gasteiger partial charge in [0, 0.05) is 16.9 Å². The second kappa shape index (κ2) is 5.89. The Morgan fingerprint density at radius 1 is 1.00 bits per heavy atom. The van der Waals surface area contributed by atoms with Gasteiger partial charge in [-0.05, 0) is 43.7 Å². The molecule has 0 spiro atoms. The van der Waals surface area contributed by atoms with E-state index in [2.05, 4.69) is 14.9 Å². The van der Waals surface area contributed by atoms with Gasteiger partial charge in [-0.15, -0.1) is 0 Å². The number of hydrogen-bond donors (Lipinski definition) is 2. The van der Waals surface area contributed by atoms with Crippen LogP contribution in [0.5, 0.6) is 0 Å². The third-order valence-corrected chi connectivity index (χ3v) is 5.06. The molecule has 5 nitrogen and oxygen atoms in total. The van der Waals surface area contributed by atoms with Gasteiger partial charge in [0.15, 0.2) is 0 Å². The Morgan fingerprint density at radius 2 is 1.70 bits per heavy atom. The number of aromatic nitrogens is 2. The molecular weight excluding hydrogens is 310 g/mol. The number of benzene rings is 2. The fraction of sp³-hybridized carbons (Fsp3) is 0.118. The highest BCUT2D eigenvalue weighted by atomic mass is 32.2. The van der Waals surface area contributed by atoms with E-state index < -0.39 is 10.0 Å². The minimum absolute atomic E-state index is 0.284. The van der Waals surface area contributed by atoms with E-state index in [1.165, 1.54) is 0 Å². The lowest BCUT2D eigenvalue weighted by molar-refractivity contribution is 0.600. The van der Waals surface area contributed by atoms with E-state index in [9.17, 15) is 8.42 Å².